The third kappa shape index (κ3) is 3.28. The van der Waals surface area contributed by atoms with Gasteiger partial charge in [-0.05, 0) is 12.3 Å². The van der Waals surface area contributed by atoms with Crippen molar-refractivity contribution >= 4 is 11.0 Å². The molecule has 2 aromatic rings. The molecule has 0 N–H and O–H groups in total. The van der Waals surface area contributed by atoms with Crippen LogP contribution >= 0.6 is 0 Å². The molecule has 104 valence electrons. The molecule has 1 atom stereocenters. The largest absolute Gasteiger partial charge is 0.204 e. The molecular formula is C14H19F2N3. The number of hydrogen-bond acceptors (Lipinski definition) is 2. The summed E-state index contributed by atoms with van der Waals surface area (Å²) in [6.07, 6.45) is 4.54. The number of fused-ring (bicyclic) bond motifs is 1. The van der Waals surface area contributed by atoms with Crippen molar-refractivity contribution in [3.05, 3.63) is 23.8 Å². The van der Waals surface area contributed by atoms with Gasteiger partial charge in [0.2, 0.25) is 0 Å². The maximum atomic E-state index is 13.1. The maximum Gasteiger partial charge on any atom is 0.161 e. The molecule has 3 nitrogen and oxygen atoms in total. The smallest absolute Gasteiger partial charge is 0.161 e. The van der Waals surface area contributed by atoms with E-state index >= 15 is 0 Å². The Morgan fingerprint density at radius 1 is 1.11 bits per heavy atom. The predicted molar refractivity (Wildman–Crippen MR) is 70.8 cm³/mol. The summed E-state index contributed by atoms with van der Waals surface area (Å²) in [5.74, 6) is -1.24. The molecular weight excluding hydrogens is 248 g/mol. The minimum absolute atomic E-state index is 0.407. The van der Waals surface area contributed by atoms with Crippen LogP contribution in [0, 0.1) is 17.6 Å². The fourth-order valence-corrected chi connectivity index (χ4v) is 2.19. The van der Waals surface area contributed by atoms with Gasteiger partial charge in [-0.3, -0.25) is 0 Å². The molecule has 0 aliphatic carbocycles. The summed E-state index contributed by atoms with van der Waals surface area (Å²) in [7, 11) is 0. The lowest BCUT2D eigenvalue weighted by atomic mass is 10.00. The quantitative estimate of drug-likeness (QED) is 0.794. The van der Waals surface area contributed by atoms with Crippen LogP contribution in [0.15, 0.2) is 12.1 Å². The second-order valence-corrected chi connectivity index (χ2v) is 4.93. The van der Waals surface area contributed by atoms with Gasteiger partial charge >= 0.3 is 0 Å². The molecule has 1 heterocycles. The molecule has 0 radical (unpaired) electrons. The first kappa shape index (κ1) is 13.9. The van der Waals surface area contributed by atoms with Gasteiger partial charge in [0.1, 0.15) is 11.0 Å². The highest BCUT2D eigenvalue weighted by molar-refractivity contribution is 5.73. The van der Waals surface area contributed by atoms with Crippen LogP contribution in [0.1, 0.15) is 39.5 Å². The van der Waals surface area contributed by atoms with E-state index in [0.717, 1.165) is 25.0 Å². The first-order valence-electron chi connectivity index (χ1n) is 6.84. The number of nitrogens with zero attached hydrogens (tertiary/aromatic N) is 3. The number of rotatable bonds is 6. The average Bonchev–Trinajstić information content (AvgIpc) is 2.76. The highest BCUT2D eigenvalue weighted by atomic mass is 19.2. The minimum atomic E-state index is -0.877. The van der Waals surface area contributed by atoms with Gasteiger partial charge in [0.15, 0.2) is 11.6 Å². The van der Waals surface area contributed by atoms with Crippen molar-refractivity contribution in [2.75, 3.05) is 0 Å². The molecule has 1 aromatic carbocycles. The van der Waals surface area contributed by atoms with E-state index in [-0.39, 0.29) is 0 Å². The summed E-state index contributed by atoms with van der Waals surface area (Å²) in [4.78, 5) is 1.56. The average molecular weight is 267 g/mol. The van der Waals surface area contributed by atoms with Crippen molar-refractivity contribution < 1.29 is 8.78 Å². The van der Waals surface area contributed by atoms with Gasteiger partial charge in [0, 0.05) is 12.1 Å². The van der Waals surface area contributed by atoms with E-state index in [1.54, 1.807) is 4.80 Å². The van der Waals surface area contributed by atoms with E-state index in [9.17, 15) is 8.78 Å². The fraction of sp³-hybridized carbons (Fsp3) is 0.571. The second-order valence-electron chi connectivity index (χ2n) is 4.93. The number of aromatic nitrogens is 3. The molecule has 0 amide bonds. The van der Waals surface area contributed by atoms with Crippen molar-refractivity contribution in [2.45, 2.75) is 46.1 Å². The minimum Gasteiger partial charge on any atom is -0.204 e. The molecule has 0 spiro atoms. The van der Waals surface area contributed by atoms with Crippen molar-refractivity contribution in [1.29, 1.82) is 0 Å². The van der Waals surface area contributed by atoms with E-state index in [0.29, 0.717) is 23.5 Å². The van der Waals surface area contributed by atoms with E-state index in [2.05, 4.69) is 24.0 Å². The molecule has 2 rings (SSSR count). The van der Waals surface area contributed by atoms with E-state index in [1.165, 1.54) is 12.8 Å². The molecule has 1 aromatic heterocycles. The van der Waals surface area contributed by atoms with Gasteiger partial charge in [-0.1, -0.05) is 33.1 Å². The normalized spacial score (nSPS) is 13.1. The van der Waals surface area contributed by atoms with E-state index < -0.39 is 11.6 Å². The Hall–Kier alpha value is -1.52. The molecule has 0 saturated carbocycles. The zero-order valence-corrected chi connectivity index (χ0v) is 11.4. The molecule has 0 bridgehead atoms. The molecule has 1 unspecified atom stereocenters. The first-order valence-corrected chi connectivity index (χ1v) is 6.84. The first-order chi connectivity index (χ1) is 9.13. The summed E-state index contributed by atoms with van der Waals surface area (Å²) in [6.45, 7) is 5.01. The van der Waals surface area contributed by atoms with Crippen molar-refractivity contribution in [3.63, 3.8) is 0 Å². The maximum absolute atomic E-state index is 13.1. The Morgan fingerprint density at radius 3 is 2.16 bits per heavy atom. The Kier molecular flexibility index (Phi) is 4.45. The second kappa shape index (κ2) is 6.08. The van der Waals surface area contributed by atoms with E-state index in [1.807, 2.05) is 0 Å². The molecule has 0 saturated heterocycles. The van der Waals surface area contributed by atoms with Crippen molar-refractivity contribution in [1.82, 2.24) is 15.0 Å². The van der Waals surface area contributed by atoms with Crippen LogP contribution in [0.4, 0.5) is 8.78 Å². The highest BCUT2D eigenvalue weighted by Crippen LogP contribution is 2.17. The summed E-state index contributed by atoms with van der Waals surface area (Å²) in [5.41, 5.74) is 0.813. The van der Waals surface area contributed by atoms with Gasteiger partial charge in [-0.25, -0.2) is 8.78 Å². The molecule has 0 aliphatic rings. The van der Waals surface area contributed by atoms with Gasteiger partial charge < -0.3 is 0 Å². The standard InChI is InChI=1S/C14H19F2N3/c1-3-5-6-10(4-2)9-19-17-13-7-11(15)12(16)8-14(13)18-19/h7-8,10H,3-6,9H2,1-2H3. The number of unbranched alkanes of at least 4 members (excludes halogenated alkanes) is 1. The van der Waals surface area contributed by atoms with Crippen LogP contribution in [0.5, 0.6) is 0 Å². The summed E-state index contributed by atoms with van der Waals surface area (Å²) in [6, 6.07) is 2.20. The Balaban J connectivity index is 2.16. The van der Waals surface area contributed by atoms with Crippen LogP contribution in [-0.2, 0) is 6.54 Å². The van der Waals surface area contributed by atoms with Crippen LogP contribution < -0.4 is 0 Å². The third-order valence-corrected chi connectivity index (χ3v) is 3.43. The molecule has 0 aliphatic heterocycles. The van der Waals surface area contributed by atoms with Gasteiger partial charge in [-0.2, -0.15) is 15.0 Å². The lowest BCUT2D eigenvalue weighted by Gasteiger charge is -2.12. The highest BCUT2D eigenvalue weighted by Gasteiger charge is 2.12. The number of hydrogen-bond donors (Lipinski definition) is 0. The number of halogens is 2. The fourth-order valence-electron chi connectivity index (χ4n) is 2.19. The van der Waals surface area contributed by atoms with Gasteiger partial charge in [-0.15, -0.1) is 0 Å². The Labute approximate surface area is 111 Å². The zero-order valence-electron chi connectivity index (χ0n) is 11.4. The monoisotopic (exact) mass is 267 g/mol. The predicted octanol–water partition coefficient (Wildman–Crippen LogP) is 3.93. The van der Waals surface area contributed by atoms with Crippen LogP contribution in [0.3, 0.4) is 0 Å². The zero-order chi connectivity index (χ0) is 13.8. The van der Waals surface area contributed by atoms with Crippen molar-refractivity contribution in [2.24, 2.45) is 5.92 Å². The van der Waals surface area contributed by atoms with E-state index in [4.69, 9.17) is 0 Å². The summed E-state index contributed by atoms with van der Waals surface area (Å²) in [5, 5.41) is 8.42. The molecule has 19 heavy (non-hydrogen) atoms. The summed E-state index contributed by atoms with van der Waals surface area (Å²) < 4.78 is 26.2. The number of benzene rings is 1. The molecule has 0 fully saturated rings. The van der Waals surface area contributed by atoms with Crippen LogP contribution in [-0.4, -0.2) is 15.0 Å². The molecule has 5 heteroatoms. The Bertz CT molecular complexity index is 512. The lowest BCUT2D eigenvalue weighted by Crippen LogP contribution is -2.12. The van der Waals surface area contributed by atoms with Crippen LogP contribution in [0.2, 0.25) is 0 Å². The summed E-state index contributed by atoms with van der Waals surface area (Å²) >= 11 is 0. The van der Waals surface area contributed by atoms with Gasteiger partial charge in [0.05, 0.1) is 6.54 Å². The SMILES string of the molecule is CCCCC(CC)Cn1nc2cc(F)c(F)cc2n1. The topological polar surface area (TPSA) is 30.7 Å². The lowest BCUT2D eigenvalue weighted by molar-refractivity contribution is 0.351. The van der Waals surface area contributed by atoms with Gasteiger partial charge in [0.25, 0.3) is 0 Å². The van der Waals surface area contributed by atoms with Crippen molar-refractivity contribution in [3.8, 4) is 0 Å². The third-order valence-electron chi connectivity index (χ3n) is 3.43. The Morgan fingerprint density at radius 2 is 1.68 bits per heavy atom. The van der Waals surface area contributed by atoms with Crippen LogP contribution in [0.25, 0.3) is 11.0 Å².